The maximum absolute atomic E-state index is 5.36. The summed E-state index contributed by atoms with van der Waals surface area (Å²) in [4.78, 5) is 11.2. The summed E-state index contributed by atoms with van der Waals surface area (Å²) in [6.45, 7) is 4.38. The van der Waals surface area contributed by atoms with Gasteiger partial charge in [-0.15, -0.1) is 11.3 Å². The van der Waals surface area contributed by atoms with Gasteiger partial charge in [0.1, 0.15) is 0 Å². The molecule has 0 fully saturated rings. The van der Waals surface area contributed by atoms with Crippen LogP contribution in [0.4, 0.5) is 0 Å². The van der Waals surface area contributed by atoms with Gasteiger partial charge in [0, 0.05) is 22.0 Å². The molecule has 5 heteroatoms. The van der Waals surface area contributed by atoms with Crippen LogP contribution in [-0.4, -0.2) is 16.5 Å². The van der Waals surface area contributed by atoms with Gasteiger partial charge in [0.25, 0.3) is 0 Å². The Kier molecular flexibility index (Phi) is 4.97. The molecule has 2 aromatic rings. The van der Waals surface area contributed by atoms with Crippen LogP contribution in [0.15, 0.2) is 23.4 Å². The van der Waals surface area contributed by atoms with Crippen LogP contribution in [0.2, 0.25) is 0 Å². The van der Waals surface area contributed by atoms with Crippen LogP contribution in [0, 0.1) is 25.7 Å². The van der Waals surface area contributed by atoms with E-state index in [1.807, 2.05) is 26.0 Å². The number of nitrogens with two attached hydrogens (primary N) is 1. The van der Waals surface area contributed by atoms with Gasteiger partial charge >= 0.3 is 0 Å². The van der Waals surface area contributed by atoms with Gasteiger partial charge in [0.05, 0.1) is 11.4 Å². The number of nitrogens with zero attached hydrogens (tertiary/aromatic N) is 2. The van der Waals surface area contributed by atoms with E-state index < -0.39 is 0 Å². The van der Waals surface area contributed by atoms with Gasteiger partial charge in [0.15, 0.2) is 5.16 Å². The molecule has 2 heterocycles. The first-order valence-corrected chi connectivity index (χ1v) is 7.70. The highest BCUT2D eigenvalue weighted by Crippen LogP contribution is 2.24. The molecule has 0 atom stereocenters. The first kappa shape index (κ1) is 14.1. The summed E-state index contributed by atoms with van der Waals surface area (Å²) < 4.78 is 0. The maximum Gasteiger partial charge on any atom is 0.188 e. The molecule has 2 aromatic heterocycles. The Labute approximate surface area is 121 Å². The Morgan fingerprint density at radius 3 is 2.68 bits per heavy atom. The summed E-state index contributed by atoms with van der Waals surface area (Å²) in [5, 5.41) is 0.834. The predicted octanol–water partition coefficient (Wildman–Crippen LogP) is 2.76. The number of aryl methyl sites for hydroxylation is 2. The highest BCUT2D eigenvalue weighted by molar-refractivity contribution is 7.98. The van der Waals surface area contributed by atoms with Gasteiger partial charge in [-0.05, 0) is 32.0 Å². The van der Waals surface area contributed by atoms with E-state index in [1.54, 1.807) is 23.1 Å². The molecule has 98 valence electrons. The number of hydrogen-bond donors (Lipinski definition) is 1. The normalized spacial score (nSPS) is 10.1. The minimum Gasteiger partial charge on any atom is -0.320 e. The van der Waals surface area contributed by atoms with Gasteiger partial charge in [-0.2, -0.15) is 0 Å². The van der Waals surface area contributed by atoms with Gasteiger partial charge in [-0.1, -0.05) is 23.6 Å². The number of hydrogen-bond acceptors (Lipinski definition) is 5. The smallest absolute Gasteiger partial charge is 0.188 e. The molecular formula is C14H15N3S2. The van der Waals surface area contributed by atoms with Crippen LogP contribution in [-0.2, 0) is 5.75 Å². The Hall–Kier alpha value is -1.35. The average molecular weight is 289 g/mol. The number of thioether (sulfide) groups is 1. The molecule has 19 heavy (non-hydrogen) atoms. The van der Waals surface area contributed by atoms with Crippen molar-refractivity contribution in [2.24, 2.45) is 5.73 Å². The predicted molar refractivity (Wildman–Crippen MR) is 81.3 cm³/mol. The van der Waals surface area contributed by atoms with E-state index in [1.165, 1.54) is 4.88 Å². The lowest BCUT2D eigenvalue weighted by atomic mass is 10.4. The van der Waals surface area contributed by atoms with Crippen molar-refractivity contribution < 1.29 is 0 Å². The highest BCUT2D eigenvalue weighted by Gasteiger charge is 2.03. The van der Waals surface area contributed by atoms with Gasteiger partial charge < -0.3 is 5.73 Å². The van der Waals surface area contributed by atoms with E-state index in [0.717, 1.165) is 27.2 Å². The van der Waals surface area contributed by atoms with Crippen LogP contribution < -0.4 is 5.73 Å². The Morgan fingerprint density at radius 2 is 2.00 bits per heavy atom. The molecule has 0 bridgehead atoms. The molecule has 0 saturated carbocycles. The van der Waals surface area contributed by atoms with Crippen LogP contribution in [0.5, 0.6) is 0 Å². The van der Waals surface area contributed by atoms with E-state index in [-0.39, 0.29) is 0 Å². The quantitative estimate of drug-likeness (QED) is 0.536. The van der Waals surface area contributed by atoms with Crippen molar-refractivity contribution >= 4 is 23.1 Å². The van der Waals surface area contributed by atoms with Crippen molar-refractivity contribution in [1.82, 2.24) is 9.97 Å². The zero-order valence-electron chi connectivity index (χ0n) is 10.9. The van der Waals surface area contributed by atoms with Crippen LogP contribution in [0.25, 0.3) is 0 Å². The molecule has 0 aliphatic rings. The molecule has 3 nitrogen and oxygen atoms in total. The highest BCUT2D eigenvalue weighted by atomic mass is 32.2. The van der Waals surface area contributed by atoms with E-state index in [4.69, 9.17) is 5.73 Å². The van der Waals surface area contributed by atoms with Crippen LogP contribution in [0.3, 0.4) is 0 Å². The summed E-state index contributed by atoms with van der Waals surface area (Å²) in [5.74, 6) is 6.78. The third-order valence-electron chi connectivity index (χ3n) is 2.28. The summed E-state index contributed by atoms with van der Waals surface area (Å²) in [7, 11) is 0. The van der Waals surface area contributed by atoms with Crippen molar-refractivity contribution in [3.8, 4) is 11.8 Å². The monoisotopic (exact) mass is 289 g/mol. The lowest BCUT2D eigenvalue weighted by molar-refractivity contribution is 0.902. The topological polar surface area (TPSA) is 51.8 Å². The molecule has 0 saturated heterocycles. The van der Waals surface area contributed by atoms with Gasteiger partial charge in [-0.3, -0.25) is 0 Å². The molecule has 2 N–H and O–H groups in total. The van der Waals surface area contributed by atoms with E-state index >= 15 is 0 Å². The van der Waals surface area contributed by atoms with Crippen molar-refractivity contribution in [2.45, 2.75) is 24.8 Å². The second-order valence-electron chi connectivity index (χ2n) is 3.99. The molecule has 0 amide bonds. The third-order valence-corrected chi connectivity index (χ3v) is 4.36. The first-order valence-electron chi connectivity index (χ1n) is 5.90. The summed E-state index contributed by atoms with van der Waals surface area (Å²) in [5.41, 5.74) is 7.38. The number of rotatable bonds is 3. The minimum atomic E-state index is 0.401. The maximum atomic E-state index is 5.36. The molecule has 0 aromatic carbocycles. The lowest BCUT2D eigenvalue weighted by Gasteiger charge is -2.01. The van der Waals surface area contributed by atoms with Crippen LogP contribution >= 0.6 is 23.1 Å². The third kappa shape index (κ3) is 4.35. The second kappa shape index (κ2) is 6.71. The fourth-order valence-electron chi connectivity index (χ4n) is 1.55. The SMILES string of the molecule is Cc1cc(C)nc(SCc2ccc(C#CCN)s2)n1. The standard InChI is InChI=1S/C14H15N3S2/c1-10-8-11(2)17-14(16-10)18-9-13-6-5-12(19-13)4-3-7-15/h5-6,8H,7,9,15H2,1-2H3. The van der Waals surface area contributed by atoms with Crippen molar-refractivity contribution in [3.63, 3.8) is 0 Å². The number of aromatic nitrogens is 2. The molecule has 0 aliphatic heterocycles. The van der Waals surface area contributed by atoms with E-state index in [2.05, 4.69) is 27.9 Å². The Morgan fingerprint density at radius 1 is 1.26 bits per heavy atom. The van der Waals surface area contributed by atoms with Crippen LogP contribution in [0.1, 0.15) is 21.1 Å². The molecule has 2 rings (SSSR count). The van der Waals surface area contributed by atoms with Gasteiger partial charge in [0.2, 0.25) is 0 Å². The zero-order valence-corrected chi connectivity index (χ0v) is 12.6. The largest absolute Gasteiger partial charge is 0.320 e. The second-order valence-corrected chi connectivity index (χ2v) is 6.10. The average Bonchev–Trinajstić information content (AvgIpc) is 2.81. The Balaban J connectivity index is 2.00. The number of thiophene rings is 1. The fraction of sp³-hybridized carbons (Fsp3) is 0.286. The van der Waals surface area contributed by atoms with Crippen molar-refractivity contribution in [1.29, 1.82) is 0 Å². The fourth-order valence-corrected chi connectivity index (χ4v) is 3.43. The van der Waals surface area contributed by atoms with E-state index in [9.17, 15) is 0 Å². The van der Waals surface area contributed by atoms with Crippen molar-refractivity contribution in [2.75, 3.05) is 6.54 Å². The zero-order chi connectivity index (χ0) is 13.7. The van der Waals surface area contributed by atoms with Crippen molar-refractivity contribution in [3.05, 3.63) is 39.3 Å². The summed E-state index contributed by atoms with van der Waals surface area (Å²) in [6, 6.07) is 6.11. The van der Waals surface area contributed by atoms with Gasteiger partial charge in [-0.25, -0.2) is 9.97 Å². The minimum absolute atomic E-state index is 0.401. The molecule has 0 radical (unpaired) electrons. The molecule has 0 aliphatic carbocycles. The van der Waals surface area contributed by atoms with E-state index in [0.29, 0.717) is 6.54 Å². The Bertz CT molecular complexity index is 603. The summed E-state index contributed by atoms with van der Waals surface area (Å²) in [6.07, 6.45) is 0. The molecular weight excluding hydrogens is 274 g/mol. The molecule has 0 spiro atoms. The summed E-state index contributed by atoms with van der Waals surface area (Å²) >= 11 is 3.35. The first-order chi connectivity index (χ1) is 9.17. The lowest BCUT2D eigenvalue weighted by Crippen LogP contribution is -1.92. The molecule has 0 unspecified atom stereocenters.